The van der Waals surface area contributed by atoms with E-state index in [0.29, 0.717) is 24.6 Å². The van der Waals surface area contributed by atoms with Gasteiger partial charge in [0.15, 0.2) is 0 Å². The highest BCUT2D eigenvalue weighted by Crippen LogP contribution is 2.26. The molecule has 0 fully saturated rings. The number of methoxy groups -OCH3 is 2. The predicted octanol–water partition coefficient (Wildman–Crippen LogP) is 1.86. The van der Waals surface area contributed by atoms with Gasteiger partial charge in [0.2, 0.25) is 10.0 Å². The summed E-state index contributed by atoms with van der Waals surface area (Å²) in [7, 11) is 4.69. The normalized spacial score (nSPS) is 12.0. The molecular formula is C18H28N4O4S. The van der Waals surface area contributed by atoms with E-state index >= 15 is 0 Å². The molecule has 0 saturated carbocycles. The molecule has 0 aliphatic heterocycles. The van der Waals surface area contributed by atoms with Gasteiger partial charge in [0.05, 0.1) is 32.3 Å². The third-order valence-corrected chi connectivity index (χ3v) is 6.43. The highest BCUT2D eigenvalue weighted by atomic mass is 32.2. The first-order valence-corrected chi connectivity index (χ1v) is 9.91. The second-order valence-corrected chi connectivity index (χ2v) is 8.71. The van der Waals surface area contributed by atoms with Gasteiger partial charge in [-0.3, -0.25) is 9.58 Å². The molecule has 0 radical (unpaired) electrons. The van der Waals surface area contributed by atoms with E-state index in [1.807, 2.05) is 30.1 Å². The Bertz CT molecular complexity index is 906. The predicted molar refractivity (Wildman–Crippen MR) is 104 cm³/mol. The van der Waals surface area contributed by atoms with Gasteiger partial charge in [-0.05, 0) is 27.0 Å². The van der Waals surface area contributed by atoms with E-state index in [1.165, 1.54) is 18.4 Å². The van der Waals surface area contributed by atoms with Crippen molar-refractivity contribution in [3.63, 3.8) is 0 Å². The van der Waals surface area contributed by atoms with E-state index in [2.05, 4.69) is 5.10 Å². The first kappa shape index (κ1) is 21.2. The lowest BCUT2D eigenvalue weighted by atomic mass is 10.2. The molecule has 2 rings (SSSR count). The van der Waals surface area contributed by atoms with Gasteiger partial charge >= 0.3 is 0 Å². The molecule has 0 spiro atoms. The zero-order valence-corrected chi connectivity index (χ0v) is 17.8. The highest BCUT2D eigenvalue weighted by Gasteiger charge is 2.26. The smallest absolute Gasteiger partial charge is 0.246 e. The van der Waals surface area contributed by atoms with E-state index < -0.39 is 10.0 Å². The van der Waals surface area contributed by atoms with Crippen molar-refractivity contribution in [1.29, 1.82) is 0 Å². The molecule has 0 aliphatic carbocycles. The van der Waals surface area contributed by atoms with Crippen LogP contribution in [0.3, 0.4) is 0 Å². The summed E-state index contributed by atoms with van der Waals surface area (Å²) in [5.41, 5.74) is 2.12. The molecule has 8 nitrogen and oxygen atoms in total. The lowest BCUT2D eigenvalue weighted by Crippen LogP contribution is -2.25. The van der Waals surface area contributed by atoms with Gasteiger partial charge < -0.3 is 9.47 Å². The Hall–Kier alpha value is -2.10. The van der Waals surface area contributed by atoms with Crippen LogP contribution in [0.25, 0.3) is 0 Å². The molecule has 0 saturated heterocycles. The number of aromatic nitrogens is 2. The number of benzene rings is 1. The molecule has 0 amide bonds. The molecule has 1 aromatic heterocycles. The fourth-order valence-electron chi connectivity index (χ4n) is 2.93. The van der Waals surface area contributed by atoms with Crippen molar-refractivity contribution in [2.45, 2.75) is 32.0 Å². The van der Waals surface area contributed by atoms with Crippen LogP contribution in [-0.2, 0) is 23.2 Å². The Morgan fingerprint density at radius 1 is 1.11 bits per heavy atom. The number of hydrogen-bond donors (Lipinski definition) is 0. The molecule has 0 N–H and O–H groups in total. The Morgan fingerprint density at radius 3 is 2.33 bits per heavy atom. The van der Waals surface area contributed by atoms with Gasteiger partial charge in [0.1, 0.15) is 16.4 Å². The lowest BCUT2D eigenvalue weighted by Gasteiger charge is -2.20. The standard InChI is InChI=1S/C18H28N4O4S/c1-13-18(27(23,24)20(3)4)14(2)22(19-13)12-21(5)11-15-8-9-16(25-6)10-17(15)26-7/h8-10H,11-12H2,1-7H3. The highest BCUT2D eigenvalue weighted by molar-refractivity contribution is 7.89. The molecule has 150 valence electrons. The van der Waals surface area contributed by atoms with Crippen molar-refractivity contribution in [2.75, 3.05) is 35.4 Å². The average Bonchev–Trinajstić information content (AvgIpc) is 2.88. The van der Waals surface area contributed by atoms with E-state index in [0.717, 1.165) is 17.1 Å². The fourth-order valence-corrected chi connectivity index (χ4v) is 4.18. The van der Waals surface area contributed by atoms with Gasteiger partial charge in [-0.25, -0.2) is 12.7 Å². The maximum absolute atomic E-state index is 12.5. The van der Waals surface area contributed by atoms with Gasteiger partial charge in [-0.1, -0.05) is 6.07 Å². The summed E-state index contributed by atoms with van der Waals surface area (Å²) in [4.78, 5) is 2.30. The summed E-state index contributed by atoms with van der Waals surface area (Å²) in [6, 6.07) is 5.68. The van der Waals surface area contributed by atoms with Crippen molar-refractivity contribution in [2.24, 2.45) is 0 Å². The van der Waals surface area contributed by atoms with Crippen LogP contribution < -0.4 is 9.47 Å². The Labute approximate surface area is 161 Å². The Kier molecular flexibility index (Phi) is 6.50. The van der Waals surface area contributed by atoms with Gasteiger partial charge in [0.25, 0.3) is 0 Å². The third kappa shape index (κ3) is 4.42. The van der Waals surface area contributed by atoms with Crippen molar-refractivity contribution in [3.05, 3.63) is 35.2 Å². The van der Waals surface area contributed by atoms with Crippen molar-refractivity contribution >= 4 is 10.0 Å². The first-order valence-electron chi connectivity index (χ1n) is 8.47. The summed E-state index contributed by atoms with van der Waals surface area (Å²) in [6.45, 7) is 4.55. The minimum absolute atomic E-state index is 0.267. The van der Waals surface area contributed by atoms with E-state index in [-0.39, 0.29) is 4.90 Å². The molecule has 0 aliphatic rings. The molecule has 0 atom stereocenters. The summed E-state index contributed by atoms with van der Waals surface area (Å²) in [5, 5.41) is 4.43. The molecule has 0 bridgehead atoms. The second kappa shape index (κ2) is 8.28. The molecular weight excluding hydrogens is 368 g/mol. The largest absolute Gasteiger partial charge is 0.497 e. The van der Waals surface area contributed by atoms with Crippen molar-refractivity contribution in [1.82, 2.24) is 19.0 Å². The van der Waals surface area contributed by atoms with Crippen LogP contribution in [-0.4, -0.2) is 62.8 Å². The van der Waals surface area contributed by atoms with Gasteiger partial charge in [-0.2, -0.15) is 5.10 Å². The van der Waals surface area contributed by atoms with Crippen molar-refractivity contribution in [3.8, 4) is 11.5 Å². The molecule has 0 unspecified atom stereocenters. The molecule has 2 aromatic rings. The number of ether oxygens (including phenoxy) is 2. The Morgan fingerprint density at radius 2 is 1.78 bits per heavy atom. The zero-order valence-electron chi connectivity index (χ0n) is 17.0. The molecule has 27 heavy (non-hydrogen) atoms. The minimum atomic E-state index is -3.53. The summed E-state index contributed by atoms with van der Waals surface area (Å²) >= 11 is 0. The van der Waals surface area contributed by atoms with Gasteiger partial charge in [0, 0.05) is 32.3 Å². The van der Waals surface area contributed by atoms with Crippen LogP contribution in [0.15, 0.2) is 23.1 Å². The van der Waals surface area contributed by atoms with E-state index in [4.69, 9.17) is 9.47 Å². The fraction of sp³-hybridized carbons (Fsp3) is 0.500. The SMILES string of the molecule is COc1ccc(CN(C)Cn2nc(C)c(S(=O)(=O)N(C)C)c2C)c(OC)c1. The number of aryl methyl sites for hydroxylation is 1. The monoisotopic (exact) mass is 396 g/mol. The number of rotatable bonds is 8. The third-order valence-electron chi connectivity index (χ3n) is 4.36. The molecule has 1 aromatic carbocycles. The summed E-state index contributed by atoms with van der Waals surface area (Å²) in [5.74, 6) is 1.47. The van der Waals surface area contributed by atoms with Crippen LogP contribution >= 0.6 is 0 Å². The topological polar surface area (TPSA) is 76.9 Å². The average molecular weight is 397 g/mol. The number of hydrogen-bond acceptors (Lipinski definition) is 6. The minimum Gasteiger partial charge on any atom is -0.497 e. The quantitative estimate of drug-likeness (QED) is 0.678. The van der Waals surface area contributed by atoms with Gasteiger partial charge in [-0.15, -0.1) is 0 Å². The summed E-state index contributed by atoms with van der Waals surface area (Å²) in [6.07, 6.45) is 0. The lowest BCUT2D eigenvalue weighted by molar-refractivity contribution is 0.239. The zero-order chi connectivity index (χ0) is 20.4. The molecule has 1 heterocycles. The van der Waals surface area contributed by atoms with E-state index in [9.17, 15) is 8.42 Å². The first-order chi connectivity index (χ1) is 12.6. The van der Waals surface area contributed by atoms with Crippen LogP contribution in [0.1, 0.15) is 17.0 Å². The van der Waals surface area contributed by atoms with Crippen LogP contribution in [0.4, 0.5) is 0 Å². The van der Waals surface area contributed by atoms with Crippen LogP contribution in [0, 0.1) is 13.8 Å². The number of sulfonamides is 1. The maximum Gasteiger partial charge on any atom is 0.246 e. The van der Waals surface area contributed by atoms with Crippen LogP contribution in [0.5, 0.6) is 11.5 Å². The second-order valence-electron chi connectivity index (χ2n) is 6.62. The van der Waals surface area contributed by atoms with Crippen LogP contribution in [0.2, 0.25) is 0 Å². The maximum atomic E-state index is 12.5. The Balaban J connectivity index is 2.24. The van der Waals surface area contributed by atoms with E-state index in [1.54, 1.807) is 32.7 Å². The van der Waals surface area contributed by atoms with Crippen molar-refractivity contribution < 1.29 is 17.9 Å². The summed E-state index contributed by atoms with van der Waals surface area (Å²) < 4.78 is 38.7. The molecule has 9 heteroatoms. The number of nitrogens with zero attached hydrogens (tertiary/aromatic N) is 4.